The van der Waals surface area contributed by atoms with Gasteiger partial charge >= 0.3 is 0 Å². The number of rotatable bonds is 3. The van der Waals surface area contributed by atoms with Gasteiger partial charge in [-0.2, -0.15) is 0 Å². The van der Waals surface area contributed by atoms with E-state index in [-0.39, 0.29) is 6.04 Å². The quantitative estimate of drug-likeness (QED) is 0.772. The van der Waals surface area contributed by atoms with Crippen molar-refractivity contribution in [1.29, 1.82) is 0 Å². The molecule has 0 radical (unpaired) electrons. The normalized spacial score (nSPS) is 17.4. The first-order chi connectivity index (χ1) is 11.2. The van der Waals surface area contributed by atoms with Crippen LogP contribution in [-0.2, 0) is 13.0 Å². The molecule has 0 bridgehead atoms. The Kier molecular flexibility index (Phi) is 3.55. The Morgan fingerprint density at radius 3 is 2.57 bits per heavy atom. The Morgan fingerprint density at radius 1 is 1.04 bits per heavy atom. The third-order valence-electron chi connectivity index (χ3n) is 4.75. The van der Waals surface area contributed by atoms with Crippen molar-refractivity contribution in [2.45, 2.75) is 31.8 Å². The van der Waals surface area contributed by atoms with Crippen molar-refractivity contribution < 1.29 is 0 Å². The minimum absolute atomic E-state index is 0.149. The lowest BCUT2D eigenvalue weighted by Gasteiger charge is -2.27. The molecule has 1 heterocycles. The Bertz CT molecular complexity index is 815. The van der Waals surface area contributed by atoms with Crippen LogP contribution in [0.15, 0.2) is 66.9 Å². The van der Waals surface area contributed by atoms with Crippen molar-refractivity contribution in [1.82, 2.24) is 4.57 Å². The summed E-state index contributed by atoms with van der Waals surface area (Å²) in [6.45, 7) is 2.92. The van der Waals surface area contributed by atoms with Crippen molar-refractivity contribution in [3.63, 3.8) is 0 Å². The number of aromatic nitrogens is 1. The molecule has 0 aliphatic heterocycles. The van der Waals surface area contributed by atoms with Crippen LogP contribution >= 0.6 is 0 Å². The lowest BCUT2D eigenvalue weighted by molar-refractivity contribution is 0.593. The molecular formula is C21H22N2. The number of hydrogen-bond acceptors (Lipinski definition) is 1. The van der Waals surface area contributed by atoms with Crippen LogP contribution < -0.4 is 5.73 Å². The van der Waals surface area contributed by atoms with Crippen molar-refractivity contribution in [2.24, 2.45) is 5.73 Å². The first-order valence-electron chi connectivity index (χ1n) is 8.32. The van der Waals surface area contributed by atoms with Gasteiger partial charge in [-0.15, -0.1) is 0 Å². The third kappa shape index (κ3) is 2.49. The molecule has 0 amide bonds. The smallest absolute Gasteiger partial charge is 0.0522 e. The van der Waals surface area contributed by atoms with Crippen LogP contribution in [0, 0.1) is 0 Å². The monoisotopic (exact) mass is 302 g/mol. The minimum atomic E-state index is 0.149. The van der Waals surface area contributed by atoms with Crippen molar-refractivity contribution in [3.8, 4) is 11.3 Å². The van der Waals surface area contributed by atoms with Crippen LogP contribution in [0.5, 0.6) is 0 Å². The van der Waals surface area contributed by atoms with Crippen LogP contribution in [0.4, 0.5) is 0 Å². The lowest BCUT2D eigenvalue weighted by atomic mass is 9.78. The molecule has 1 aliphatic carbocycles. The highest BCUT2D eigenvalue weighted by Gasteiger charge is 2.28. The van der Waals surface area contributed by atoms with Crippen molar-refractivity contribution in [3.05, 3.63) is 83.6 Å². The fourth-order valence-corrected chi connectivity index (χ4v) is 3.79. The molecule has 2 aromatic carbocycles. The summed E-state index contributed by atoms with van der Waals surface area (Å²) in [4.78, 5) is 0. The zero-order chi connectivity index (χ0) is 15.8. The molecule has 2 N–H and O–H groups in total. The molecule has 2 heteroatoms. The second kappa shape index (κ2) is 5.71. The maximum atomic E-state index is 6.06. The van der Waals surface area contributed by atoms with Crippen LogP contribution in [0.2, 0.25) is 0 Å². The summed E-state index contributed by atoms with van der Waals surface area (Å²) in [5, 5.41) is 0. The van der Waals surface area contributed by atoms with E-state index in [1.165, 1.54) is 27.9 Å². The molecule has 2 nitrogen and oxygen atoms in total. The maximum absolute atomic E-state index is 6.06. The van der Waals surface area contributed by atoms with Crippen LogP contribution in [-0.4, -0.2) is 10.6 Å². The van der Waals surface area contributed by atoms with Gasteiger partial charge in [0.2, 0.25) is 0 Å². The average Bonchev–Trinajstić information content (AvgIpc) is 2.98. The molecule has 1 aliphatic rings. The summed E-state index contributed by atoms with van der Waals surface area (Å²) in [5.74, 6) is 0.426. The molecule has 0 saturated carbocycles. The summed E-state index contributed by atoms with van der Waals surface area (Å²) in [6, 6.07) is 22.0. The molecule has 23 heavy (non-hydrogen) atoms. The van der Waals surface area contributed by atoms with E-state index in [9.17, 15) is 0 Å². The molecule has 116 valence electrons. The van der Waals surface area contributed by atoms with Gasteiger partial charge in [-0.25, -0.2) is 0 Å². The van der Waals surface area contributed by atoms with Crippen LogP contribution in [0.1, 0.15) is 29.5 Å². The standard InChI is InChI=1S/C21H22N2/c1-15(22)14-23-12-11-19-20(16-7-3-2-4-8-16)13-17-9-5-6-10-18(17)21(19)23/h2-12,15,20H,13-14,22H2,1H3. The largest absolute Gasteiger partial charge is 0.346 e. The molecule has 0 fully saturated rings. The minimum Gasteiger partial charge on any atom is -0.346 e. The van der Waals surface area contributed by atoms with E-state index >= 15 is 0 Å². The number of nitrogens with zero attached hydrogens (tertiary/aromatic N) is 1. The summed E-state index contributed by atoms with van der Waals surface area (Å²) >= 11 is 0. The molecule has 3 aromatic rings. The van der Waals surface area contributed by atoms with E-state index in [2.05, 4.69) is 78.4 Å². The van der Waals surface area contributed by atoms with E-state index < -0.39 is 0 Å². The molecule has 1 aromatic heterocycles. The fraction of sp³-hybridized carbons (Fsp3) is 0.238. The van der Waals surface area contributed by atoms with Gasteiger partial charge in [0, 0.05) is 30.3 Å². The zero-order valence-electron chi connectivity index (χ0n) is 13.4. The Morgan fingerprint density at radius 2 is 1.78 bits per heavy atom. The van der Waals surface area contributed by atoms with Gasteiger partial charge in [-0.1, -0.05) is 54.6 Å². The maximum Gasteiger partial charge on any atom is 0.0522 e. The molecule has 0 spiro atoms. The first-order valence-corrected chi connectivity index (χ1v) is 8.32. The van der Waals surface area contributed by atoms with E-state index in [1.54, 1.807) is 0 Å². The molecule has 2 atom stereocenters. The highest BCUT2D eigenvalue weighted by Crippen LogP contribution is 2.43. The highest BCUT2D eigenvalue weighted by atomic mass is 15.0. The van der Waals surface area contributed by atoms with Gasteiger partial charge in [0.15, 0.2) is 0 Å². The predicted molar refractivity (Wildman–Crippen MR) is 95.5 cm³/mol. The molecule has 4 rings (SSSR count). The number of nitrogens with two attached hydrogens (primary N) is 1. The van der Waals surface area contributed by atoms with E-state index in [0.717, 1.165) is 13.0 Å². The van der Waals surface area contributed by atoms with Crippen molar-refractivity contribution in [2.75, 3.05) is 0 Å². The third-order valence-corrected chi connectivity index (χ3v) is 4.75. The zero-order valence-corrected chi connectivity index (χ0v) is 13.4. The second-order valence-corrected chi connectivity index (χ2v) is 6.57. The number of benzene rings is 2. The topological polar surface area (TPSA) is 30.9 Å². The fourth-order valence-electron chi connectivity index (χ4n) is 3.79. The van der Waals surface area contributed by atoms with E-state index in [4.69, 9.17) is 5.73 Å². The predicted octanol–water partition coefficient (Wildman–Crippen LogP) is 4.19. The number of fused-ring (bicyclic) bond motifs is 3. The van der Waals surface area contributed by atoms with Gasteiger partial charge in [-0.3, -0.25) is 0 Å². The summed E-state index contributed by atoms with van der Waals surface area (Å²) in [6.07, 6.45) is 3.27. The number of hydrogen-bond donors (Lipinski definition) is 1. The van der Waals surface area contributed by atoms with Gasteiger partial charge in [-0.05, 0) is 36.1 Å². The van der Waals surface area contributed by atoms with Gasteiger partial charge < -0.3 is 10.3 Å². The van der Waals surface area contributed by atoms with Gasteiger partial charge in [0.05, 0.1) is 5.69 Å². The Balaban J connectivity index is 1.89. The summed E-state index contributed by atoms with van der Waals surface area (Å²) in [7, 11) is 0. The summed E-state index contributed by atoms with van der Waals surface area (Å²) in [5.41, 5.74) is 13.0. The average molecular weight is 302 g/mol. The van der Waals surface area contributed by atoms with Crippen LogP contribution in [0.3, 0.4) is 0 Å². The molecule has 0 saturated heterocycles. The van der Waals surface area contributed by atoms with E-state index in [1.807, 2.05) is 0 Å². The lowest BCUT2D eigenvalue weighted by Crippen LogP contribution is -2.23. The summed E-state index contributed by atoms with van der Waals surface area (Å²) < 4.78 is 2.33. The Labute approximate surface area is 137 Å². The van der Waals surface area contributed by atoms with Gasteiger partial charge in [0.1, 0.15) is 0 Å². The molecule has 2 unspecified atom stereocenters. The first kappa shape index (κ1) is 14.3. The van der Waals surface area contributed by atoms with Crippen LogP contribution in [0.25, 0.3) is 11.3 Å². The highest BCUT2D eigenvalue weighted by molar-refractivity contribution is 5.73. The second-order valence-electron chi connectivity index (χ2n) is 6.57. The van der Waals surface area contributed by atoms with Crippen molar-refractivity contribution >= 4 is 0 Å². The Hall–Kier alpha value is -2.32. The molecular weight excluding hydrogens is 280 g/mol. The van der Waals surface area contributed by atoms with Gasteiger partial charge in [0.25, 0.3) is 0 Å². The van der Waals surface area contributed by atoms with E-state index in [0.29, 0.717) is 5.92 Å². The SMILES string of the molecule is CC(N)Cn1ccc2c1-c1ccccc1CC2c1ccccc1.